The highest BCUT2D eigenvalue weighted by Crippen LogP contribution is 2.15. The molecule has 0 spiro atoms. The van der Waals surface area contributed by atoms with Crippen LogP contribution in [0.2, 0.25) is 0 Å². The molecule has 7 heteroatoms. The summed E-state index contributed by atoms with van der Waals surface area (Å²) < 4.78 is 1.35. The third kappa shape index (κ3) is 2.65. The first kappa shape index (κ1) is 15.1. The molecule has 0 aliphatic rings. The topological polar surface area (TPSA) is 92.2 Å². The Morgan fingerprint density at radius 3 is 2.84 bits per heavy atom. The number of carbonyl (C=O) groups is 1. The minimum atomic E-state index is -0.483. The lowest BCUT2D eigenvalue weighted by atomic mass is 10.2. The summed E-state index contributed by atoms with van der Waals surface area (Å²) in [6.45, 7) is 1.81. The van der Waals surface area contributed by atoms with Crippen LogP contribution in [0.15, 0.2) is 59.7 Å². The second kappa shape index (κ2) is 5.86. The van der Waals surface area contributed by atoms with Crippen molar-refractivity contribution in [2.75, 3.05) is 0 Å². The zero-order valence-electron chi connectivity index (χ0n) is 13.4. The van der Waals surface area contributed by atoms with Crippen molar-refractivity contribution >= 4 is 22.6 Å². The Kier molecular flexibility index (Phi) is 3.53. The van der Waals surface area contributed by atoms with Gasteiger partial charge >= 0.3 is 0 Å². The summed E-state index contributed by atoms with van der Waals surface area (Å²) in [6.07, 6.45) is 2.89. The number of fused-ring (bicyclic) bond motifs is 2. The van der Waals surface area contributed by atoms with Gasteiger partial charge in [-0.2, -0.15) is 0 Å². The Balaban J connectivity index is 1.63. The van der Waals surface area contributed by atoms with E-state index in [0.717, 1.165) is 11.0 Å². The Morgan fingerprint density at radius 2 is 2.00 bits per heavy atom. The number of rotatable bonds is 3. The summed E-state index contributed by atoms with van der Waals surface area (Å²) in [4.78, 5) is 36.8. The number of hydrogen-bond donors (Lipinski definition) is 2. The van der Waals surface area contributed by atoms with E-state index in [2.05, 4.69) is 20.3 Å². The van der Waals surface area contributed by atoms with Gasteiger partial charge < -0.3 is 10.3 Å². The van der Waals surface area contributed by atoms with Gasteiger partial charge in [0.15, 0.2) is 0 Å². The van der Waals surface area contributed by atoms with Crippen LogP contribution in [0.5, 0.6) is 0 Å². The number of aromatic amines is 1. The number of carbonyl (C=O) groups excluding carboxylic acids is 1. The summed E-state index contributed by atoms with van der Waals surface area (Å²) in [7, 11) is 0. The van der Waals surface area contributed by atoms with Crippen molar-refractivity contribution in [1.82, 2.24) is 24.7 Å². The fraction of sp³-hybridized carbons (Fsp3) is 0.111. The molecule has 2 N–H and O–H groups in total. The minimum absolute atomic E-state index is 0.00772. The highest BCUT2D eigenvalue weighted by atomic mass is 16.2. The molecule has 7 nitrogen and oxygen atoms in total. The van der Waals surface area contributed by atoms with Crippen LogP contribution in [-0.4, -0.2) is 25.3 Å². The Hall–Kier alpha value is -3.48. The number of pyridine rings is 1. The summed E-state index contributed by atoms with van der Waals surface area (Å²) >= 11 is 0. The van der Waals surface area contributed by atoms with Crippen LogP contribution in [0.3, 0.4) is 0 Å². The second-order valence-electron chi connectivity index (χ2n) is 5.74. The number of hydrogen-bond acceptors (Lipinski definition) is 4. The number of nitrogens with zero attached hydrogens (tertiary/aromatic N) is 3. The Bertz CT molecular complexity index is 1110. The Morgan fingerprint density at radius 1 is 1.20 bits per heavy atom. The van der Waals surface area contributed by atoms with Crippen LogP contribution >= 0.6 is 0 Å². The molecule has 25 heavy (non-hydrogen) atoms. The molecule has 0 saturated carbocycles. The highest BCUT2D eigenvalue weighted by Gasteiger charge is 2.18. The molecule has 3 aromatic heterocycles. The number of benzene rings is 1. The van der Waals surface area contributed by atoms with E-state index in [1.54, 1.807) is 24.4 Å². The quantitative estimate of drug-likeness (QED) is 0.600. The molecule has 3 heterocycles. The van der Waals surface area contributed by atoms with Gasteiger partial charge in [-0.1, -0.05) is 18.2 Å². The third-order valence-corrected chi connectivity index (χ3v) is 4.02. The zero-order valence-corrected chi connectivity index (χ0v) is 13.4. The van der Waals surface area contributed by atoms with Gasteiger partial charge in [-0.3, -0.25) is 14.0 Å². The van der Waals surface area contributed by atoms with Crippen LogP contribution < -0.4 is 10.9 Å². The first-order valence-corrected chi connectivity index (χ1v) is 7.85. The molecule has 1 amide bonds. The van der Waals surface area contributed by atoms with Gasteiger partial charge in [0, 0.05) is 12.4 Å². The number of imidazole rings is 1. The van der Waals surface area contributed by atoms with E-state index in [1.807, 2.05) is 31.2 Å². The number of aromatic nitrogens is 4. The maximum Gasteiger partial charge on any atom is 0.270 e. The molecule has 1 aromatic carbocycles. The van der Waals surface area contributed by atoms with E-state index in [9.17, 15) is 9.59 Å². The molecule has 4 rings (SSSR count). The molecule has 0 radical (unpaired) electrons. The largest absolute Gasteiger partial charge is 0.342 e. The lowest BCUT2D eigenvalue weighted by molar-refractivity contribution is 0.0936. The summed E-state index contributed by atoms with van der Waals surface area (Å²) in [6, 6.07) is 12.5. The average molecular weight is 333 g/mol. The molecule has 124 valence electrons. The molecule has 0 aliphatic carbocycles. The summed E-state index contributed by atoms with van der Waals surface area (Å²) in [5, 5.41) is 2.79. The first-order chi connectivity index (χ1) is 12.1. The fourth-order valence-corrected chi connectivity index (χ4v) is 2.70. The van der Waals surface area contributed by atoms with E-state index in [4.69, 9.17) is 0 Å². The van der Waals surface area contributed by atoms with Crippen molar-refractivity contribution in [3.63, 3.8) is 0 Å². The van der Waals surface area contributed by atoms with E-state index in [0.29, 0.717) is 11.5 Å². The predicted molar refractivity (Wildman–Crippen MR) is 93.4 cm³/mol. The van der Waals surface area contributed by atoms with Gasteiger partial charge in [-0.25, -0.2) is 9.97 Å². The summed E-state index contributed by atoms with van der Waals surface area (Å²) in [5.41, 5.74) is 1.80. The van der Waals surface area contributed by atoms with Gasteiger partial charge in [0.25, 0.3) is 11.5 Å². The first-order valence-electron chi connectivity index (χ1n) is 7.85. The average Bonchev–Trinajstić information content (AvgIpc) is 3.06. The van der Waals surface area contributed by atoms with Crippen molar-refractivity contribution in [2.45, 2.75) is 13.0 Å². The lowest BCUT2D eigenvalue weighted by Gasteiger charge is -2.11. The van der Waals surface area contributed by atoms with Crippen LogP contribution in [0.1, 0.15) is 29.1 Å². The fourth-order valence-electron chi connectivity index (χ4n) is 2.70. The van der Waals surface area contributed by atoms with E-state index in [1.165, 1.54) is 10.6 Å². The van der Waals surface area contributed by atoms with Crippen molar-refractivity contribution < 1.29 is 4.79 Å². The highest BCUT2D eigenvalue weighted by molar-refractivity contribution is 5.94. The van der Waals surface area contributed by atoms with Crippen molar-refractivity contribution in [3.05, 3.63) is 76.6 Å². The maximum atomic E-state index is 12.5. The number of nitrogens with one attached hydrogen (secondary N) is 2. The SMILES string of the molecule is CC(NC(=O)c1cnc2ccccn2c1=O)c1nc2ccccc2[nH]1. The van der Waals surface area contributed by atoms with Gasteiger partial charge in [-0.15, -0.1) is 0 Å². The van der Waals surface area contributed by atoms with Crippen molar-refractivity contribution in [1.29, 1.82) is 0 Å². The van der Waals surface area contributed by atoms with Gasteiger partial charge in [0.1, 0.15) is 17.0 Å². The molecule has 1 atom stereocenters. The molecule has 0 bridgehead atoms. The smallest absolute Gasteiger partial charge is 0.270 e. The van der Waals surface area contributed by atoms with Gasteiger partial charge in [0.05, 0.1) is 17.1 Å². The molecule has 0 saturated heterocycles. The van der Waals surface area contributed by atoms with Crippen LogP contribution in [0.25, 0.3) is 16.7 Å². The minimum Gasteiger partial charge on any atom is -0.342 e. The molecule has 4 aromatic rings. The molecule has 1 unspecified atom stereocenters. The lowest BCUT2D eigenvalue weighted by Crippen LogP contribution is -2.33. The maximum absolute atomic E-state index is 12.5. The molecular formula is C18H15N5O2. The van der Waals surface area contributed by atoms with Gasteiger partial charge in [0.2, 0.25) is 0 Å². The molecule has 0 aliphatic heterocycles. The number of para-hydroxylation sites is 2. The van der Waals surface area contributed by atoms with Crippen LogP contribution in [-0.2, 0) is 0 Å². The van der Waals surface area contributed by atoms with Crippen molar-refractivity contribution in [3.8, 4) is 0 Å². The van der Waals surface area contributed by atoms with Crippen LogP contribution in [0, 0.1) is 0 Å². The standard InChI is InChI=1S/C18H15N5O2/c1-11(16-21-13-6-2-3-7-14(13)22-16)20-17(24)12-10-19-15-8-4-5-9-23(15)18(12)25/h2-11H,1H3,(H,20,24)(H,21,22). The Labute approximate surface area is 142 Å². The summed E-state index contributed by atoms with van der Waals surface area (Å²) in [5.74, 6) is 0.145. The number of amides is 1. The van der Waals surface area contributed by atoms with Crippen molar-refractivity contribution in [2.24, 2.45) is 0 Å². The van der Waals surface area contributed by atoms with E-state index < -0.39 is 11.5 Å². The zero-order chi connectivity index (χ0) is 17.4. The number of H-pyrrole nitrogens is 1. The van der Waals surface area contributed by atoms with Gasteiger partial charge in [-0.05, 0) is 31.2 Å². The molecule has 0 fully saturated rings. The monoisotopic (exact) mass is 333 g/mol. The van der Waals surface area contributed by atoms with E-state index in [-0.39, 0.29) is 11.6 Å². The molecular weight excluding hydrogens is 318 g/mol. The third-order valence-electron chi connectivity index (χ3n) is 4.02. The second-order valence-corrected chi connectivity index (χ2v) is 5.74. The predicted octanol–water partition coefficient (Wildman–Crippen LogP) is 2.06. The normalized spacial score (nSPS) is 12.4. The van der Waals surface area contributed by atoms with E-state index >= 15 is 0 Å². The van der Waals surface area contributed by atoms with Crippen LogP contribution in [0.4, 0.5) is 0 Å².